The highest BCUT2D eigenvalue weighted by atomic mass is 79.9. The number of carbonyl (C=O) groups excluding carboxylic acids is 1. The van der Waals surface area contributed by atoms with Gasteiger partial charge in [0.1, 0.15) is 5.52 Å². The number of benzene rings is 1. The van der Waals surface area contributed by atoms with E-state index >= 15 is 0 Å². The SMILES string of the molecule is Cn1cc2c(Br)ccc(C(=O)C(F)F)c2n1. The van der Waals surface area contributed by atoms with E-state index in [0.29, 0.717) is 10.9 Å². The fourth-order valence-corrected chi connectivity index (χ4v) is 1.93. The average molecular weight is 289 g/mol. The summed E-state index contributed by atoms with van der Waals surface area (Å²) < 4.78 is 26.9. The lowest BCUT2D eigenvalue weighted by atomic mass is 10.1. The van der Waals surface area contributed by atoms with Crippen LogP contribution in [0.25, 0.3) is 10.9 Å². The van der Waals surface area contributed by atoms with Crippen LogP contribution in [-0.4, -0.2) is 22.0 Å². The third kappa shape index (κ3) is 1.73. The summed E-state index contributed by atoms with van der Waals surface area (Å²) in [5, 5.41) is 4.66. The van der Waals surface area contributed by atoms with Crippen molar-refractivity contribution in [2.75, 3.05) is 0 Å². The molecule has 0 saturated carbocycles. The molecular formula is C10H7BrF2N2O. The zero-order chi connectivity index (χ0) is 11.9. The van der Waals surface area contributed by atoms with Gasteiger partial charge in [-0.15, -0.1) is 0 Å². The number of rotatable bonds is 2. The Kier molecular flexibility index (Phi) is 2.75. The topological polar surface area (TPSA) is 34.9 Å². The summed E-state index contributed by atoms with van der Waals surface area (Å²) >= 11 is 3.28. The van der Waals surface area contributed by atoms with E-state index in [0.717, 1.165) is 4.47 Å². The van der Waals surface area contributed by atoms with Gasteiger partial charge in [0.15, 0.2) is 0 Å². The summed E-state index contributed by atoms with van der Waals surface area (Å²) in [5.41, 5.74) is 0.246. The number of alkyl halides is 2. The van der Waals surface area contributed by atoms with Crippen molar-refractivity contribution in [2.24, 2.45) is 7.05 Å². The summed E-state index contributed by atoms with van der Waals surface area (Å²) in [6.07, 6.45) is -1.34. The summed E-state index contributed by atoms with van der Waals surface area (Å²) in [5.74, 6) is -1.20. The van der Waals surface area contributed by atoms with Crippen LogP contribution in [0, 0.1) is 0 Å². The summed E-state index contributed by atoms with van der Waals surface area (Å²) in [6, 6.07) is 2.92. The second-order valence-corrected chi connectivity index (χ2v) is 4.18. The molecule has 1 heterocycles. The molecule has 0 atom stereocenters. The highest BCUT2D eigenvalue weighted by Gasteiger charge is 2.22. The first-order valence-electron chi connectivity index (χ1n) is 4.45. The maximum Gasteiger partial charge on any atom is 0.300 e. The van der Waals surface area contributed by atoms with Crippen molar-refractivity contribution in [3.05, 3.63) is 28.4 Å². The second kappa shape index (κ2) is 3.93. The minimum absolute atomic E-state index is 0.0474. The quantitative estimate of drug-likeness (QED) is 0.797. The molecule has 0 bridgehead atoms. The Hall–Kier alpha value is -1.30. The van der Waals surface area contributed by atoms with Gasteiger partial charge in [-0.25, -0.2) is 8.78 Å². The first-order valence-corrected chi connectivity index (χ1v) is 5.24. The summed E-state index contributed by atoms with van der Waals surface area (Å²) in [4.78, 5) is 11.3. The van der Waals surface area contributed by atoms with Crippen molar-refractivity contribution in [1.82, 2.24) is 9.78 Å². The third-order valence-corrected chi connectivity index (χ3v) is 2.89. The van der Waals surface area contributed by atoms with Crippen LogP contribution in [0.3, 0.4) is 0 Å². The number of hydrogen-bond acceptors (Lipinski definition) is 2. The number of carbonyl (C=O) groups is 1. The molecule has 0 unspecified atom stereocenters. The smallest absolute Gasteiger partial charge is 0.288 e. The number of hydrogen-bond donors (Lipinski definition) is 0. The molecule has 0 aliphatic heterocycles. The number of fused-ring (bicyclic) bond motifs is 1. The molecule has 0 N–H and O–H groups in total. The summed E-state index contributed by atoms with van der Waals surface area (Å²) in [6.45, 7) is 0. The molecular weight excluding hydrogens is 282 g/mol. The molecule has 0 amide bonds. The minimum atomic E-state index is -3.01. The summed E-state index contributed by atoms with van der Waals surface area (Å²) in [7, 11) is 1.67. The maximum atomic E-state index is 12.4. The zero-order valence-corrected chi connectivity index (χ0v) is 9.83. The minimum Gasteiger partial charge on any atom is -0.288 e. The number of aryl methyl sites for hydroxylation is 1. The molecule has 1 aromatic carbocycles. The Morgan fingerprint density at radius 1 is 1.50 bits per heavy atom. The average Bonchev–Trinajstić information content (AvgIpc) is 2.60. The molecule has 2 rings (SSSR count). The van der Waals surface area contributed by atoms with Crippen LogP contribution in [-0.2, 0) is 7.05 Å². The molecule has 2 aromatic rings. The molecule has 16 heavy (non-hydrogen) atoms. The molecule has 0 saturated heterocycles. The largest absolute Gasteiger partial charge is 0.300 e. The predicted octanol–water partition coefficient (Wildman–Crippen LogP) is 2.78. The van der Waals surface area contributed by atoms with Gasteiger partial charge >= 0.3 is 6.43 Å². The van der Waals surface area contributed by atoms with Gasteiger partial charge < -0.3 is 0 Å². The molecule has 0 fully saturated rings. The van der Waals surface area contributed by atoms with Crippen molar-refractivity contribution in [3.8, 4) is 0 Å². The van der Waals surface area contributed by atoms with Crippen LogP contribution in [0.5, 0.6) is 0 Å². The van der Waals surface area contributed by atoms with E-state index in [-0.39, 0.29) is 5.56 Å². The Morgan fingerprint density at radius 3 is 2.81 bits per heavy atom. The van der Waals surface area contributed by atoms with Gasteiger partial charge in [-0.2, -0.15) is 5.10 Å². The lowest BCUT2D eigenvalue weighted by Gasteiger charge is -2.01. The van der Waals surface area contributed by atoms with Gasteiger partial charge in [0.05, 0.1) is 5.56 Å². The molecule has 0 spiro atoms. The normalized spacial score (nSPS) is 11.3. The van der Waals surface area contributed by atoms with Gasteiger partial charge in [-0.1, -0.05) is 15.9 Å². The Morgan fingerprint density at radius 2 is 2.19 bits per heavy atom. The van der Waals surface area contributed by atoms with Gasteiger partial charge in [-0.3, -0.25) is 9.48 Å². The fourth-order valence-electron chi connectivity index (χ4n) is 1.50. The number of nitrogens with zero attached hydrogens (tertiary/aromatic N) is 2. The Bertz CT molecular complexity index is 565. The van der Waals surface area contributed by atoms with Crippen LogP contribution >= 0.6 is 15.9 Å². The second-order valence-electron chi connectivity index (χ2n) is 3.32. The van der Waals surface area contributed by atoms with E-state index in [9.17, 15) is 13.6 Å². The zero-order valence-electron chi connectivity index (χ0n) is 8.25. The van der Waals surface area contributed by atoms with E-state index in [2.05, 4.69) is 21.0 Å². The van der Waals surface area contributed by atoms with Crippen molar-refractivity contribution in [2.45, 2.75) is 6.43 Å². The van der Waals surface area contributed by atoms with Crippen molar-refractivity contribution < 1.29 is 13.6 Å². The molecule has 3 nitrogen and oxygen atoms in total. The number of halogens is 3. The van der Waals surface area contributed by atoms with Gasteiger partial charge in [0.25, 0.3) is 0 Å². The van der Waals surface area contributed by atoms with Crippen molar-refractivity contribution in [1.29, 1.82) is 0 Å². The Balaban J connectivity index is 2.72. The van der Waals surface area contributed by atoms with Crippen LogP contribution in [0.2, 0.25) is 0 Å². The lowest BCUT2D eigenvalue weighted by Crippen LogP contribution is -2.10. The van der Waals surface area contributed by atoms with E-state index < -0.39 is 12.2 Å². The maximum absolute atomic E-state index is 12.4. The van der Waals surface area contributed by atoms with Crippen LogP contribution < -0.4 is 0 Å². The highest BCUT2D eigenvalue weighted by Crippen LogP contribution is 2.26. The number of aromatic nitrogens is 2. The van der Waals surface area contributed by atoms with E-state index in [1.807, 2.05) is 0 Å². The van der Waals surface area contributed by atoms with Gasteiger partial charge in [0.2, 0.25) is 5.78 Å². The molecule has 0 aliphatic rings. The van der Waals surface area contributed by atoms with Crippen LogP contribution in [0.4, 0.5) is 8.78 Å². The molecule has 1 aromatic heterocycles. The first-order chi connectivity index (χ1) is 7.50. The van der Waals surface area contributed by atoms with Crippen molar-refractivity contribution in [3.63, 3.8) is 0 Å². The van der Waals surface area contributed by atoms with Gasteiger partial charge in [0, 0.05) is 23.1 Å². The molecule has 84 valence electrons. The third-order valence-electron chi connectivity index (χ3n) is 2.20. The van der Waals surface area contributed by atoms with Crippen LogP contribution in [0.15, 0.2) is 22.8 Å². The predicted molar refractivity (Wildman–Crippen MR) is 58.7 cm³/mol. The lowest BCUT2D eigenvalue weighted by molar-refractivity contribution is 0.0680. The van der Waals surface area contributed by atoms with E-state index in [1.165, 1.54) is 10.7 Å². The Labute approximate surface area is 98.2 Å². The van der Waals surface area contributed by atoms with Crippen LogP contribution in [0.1, 0.15) is 10.4 Å². The first kappa shape index (κ1) is 11.2. The standard InChI is InChI=1S/C10H7BrF2N2O/c1-15-4-6-7(11)3-2-5(8(6)14-15)9(16)10(12)13/h2-4,10H,1H3. The number of Topliss-reactive ketones (excluding diaryl/α,β-unsaturated/α-hetero) is 1. The molecule has 0 radical (unpaired) electrons. The fraction of sp³-hybridized carbons (Fsp3) is 0.200. The van der Waals surface area contributed by atoms with E-state index in [4.69, 9.17) is 0 Å². The molecule has 0 aliphatic carbocycles. The molecule has 6 heteroatoms. The monoisotopic (exact) mass is 288 g/mol. The van der Waals surface area contributed by atoms with Crippen molar-refractivity contribution >= 4 is 32.6 Å². The highest BCUT2D eigenvalue weighted by molar-refractivity contribution is 9.10. The van der Waals surface area contributed by atoms with E-state index in [1.54, 1.807) is 19.3 Å². The van der Waals surface area contributed by atoms with Gasteiger partial charge in [-0.05, 0) is 12.1 Å². The number of ketones is 1.